The van der Waals surface area contributed by atoms with Gasteiger partial charge in [0.2, 0.25) is 0 Å². The van der Waals surface area contributed by atoms with Gasteiger partial charge in [0.25, 0.3) is 0 Å². The first kappa shape index (κ1) is 9.48. The largest absolute Gasteiger partial charge is 0.478 e. The number of pyridine rings is 1. The predicted molar refractivity (Wildman–Crippen MR) is 54.9 cm³/mol. The molecular formula is C8H4BrClN2O2. The molecule has 1 N–H and O–H groups in total. The molecule has 0 bridgehead atoms. The van der Waals surface area contributed by atoms with E-state index in [0.717, 1.165) is 0 Å². The molecule has 2 heterocycles. The van der Waals surface area contributed by atoms with Gasteiger partial charge in [-0.1, -0.05) is 11.6 Å². The Morgan fingerprint density at radius 2 is 2.36 bits per heavy atom. The lowest BCUT2D eigenvalue weighted by molar-refractivity contribution is 0.0699. The monoisotopic (exact) mass is 274 g/mol. The van der Waals surface area contributed by atoms with Crippen LogP contribution in [0.15, 0.2) is 22.9 Å². The summed E-state index contributed by atoms with van der Waals surface area (Å²) in [5.41, 5.74) is 0.491. The third-order valence-corrected chi connectivity index (χ3v) is 3.08. The minimum atomic E-state index is -1.04. The van der Waals surface area contributed by atoms with Crippen molar-refractivity contribution in [2.45, 2.75) is 0 Å². The number of carboxylic acids is 1. The Labute approximate surface area is 92.2 Å². The first-order valence-electron chi connectivity index (χ1n) is 3.66. The molecule has 0 atom stereocenters. The first-order chi connectivity index (χ1) is 6.61. The summed E-state index contributed by atoms with van der Waals surface area (Å²) in [6.07, 6.45) is 2.91. The molecule has 72 valence electrons. The maximum absolute atomic E-state index is 10.8. The third kappa shape index (κ3) is 1.29. The first-order valence-corrected chi connectivity index (χ1v) is 4.83. The van der Waals surface area contributed by atoms with Gasteiger partial charge in [0.05, 0.1) is 11.2 Å². The highest BCUT2D eigenvalue weighted by Gasteiger charge is 2.15. The van der Waals surface area contributed by atoms with Crippen LogP contribution in [-0.2, 0) is 0 Å². The lowest BCUT2D eigenvalue weighted by Crippen LogP contribution is -1.96. The van der Waals surface area contributed by atoms with E-state index >= 15 is 0 Å². The van der Waals surface area contributed by atoms with E-state index in [1.165, 1.54) is 10.7 Å². The molecule has 0 aliphatic carbocycles. The number of hydrogen-bond donors (Lipinski definition) is 1. The van der Waals surface area contributed by atoms with Gasteiger partial charge in [0.1, 0.15) is 11.1 Å². The summed E-state index contributed by atoms with van der Waals surface area (Å²) in [5.74, 6) is -1.04. The van der Waals surface area contributed by atoms with Gasteiger partial charge in [-0.3, -0.25) is 0 Å². The molecule has 0 spiro atoms. The topological polar surface area (TPSA) is 54.6 Å². The fraction of sp³-hybridized carbons (Fsp3) is 0. The average molecular weight is 275 g/mol. The van der Waals surface area contributed by atoms with E-state index in [2.05, 4.69) is 21.0 Å². The molecule has 0 amide bonds. The van der Waals surface area contributed by atoms with Crippen molar-refractivity contribution in [3.05, 3.63) is 33.5 Å². The molecule has 0 radical (unpaired) electrons. The highest BCUT2D eigenvalue weighted by atomic mass is 79.9. The number of hydrogen-bond acceptors (Lipinski definition) is 2. The minimum absolute atomic E-state index is 0.0938. The molecule has 4 nitrogen and oxygen atoms in total. The van der Waals surface area contributed by atoms with E-state index in [4.69, 9.17) is 16.7 Å². The molecule has 2 aromatic heterocycles. The SMILES string of the molecule is O=C(O)c1cnn2ccc(Br)c(Cl)c12. The van der Waals surface area contributed by atoms with Crippen LogP contribution in [0, 0.1) is 0 Å². The number of nitrogens with zero attached hydrogens (tertiary/aromatic N) is 2. The number of carboxylic acid groups (broad SMARTS) is 1. The molecule has 0 aromatic carbocycles. The van der Waals surface area contributed by atoms with Crippen LogP contribution in [0.25, 0.3) is 5.52 Å². The van der Waals surface area contributed by atoms with Gasteiger partial charge in [0, 0.05) is 10.7 Å². The summed E-state index contributed by atoms with van der Waals surface area (Å²) in [6, 6.07) is 1.70. The van der Waals surface area contributed by atoms with E-state index < -0.39 is 5.97 Å². The molecule has 6 heteroatoms. The minimum Gasteiger partial charge on any atom is -0.478 e. The zero-order valence-corrected chi connectivity index (χ0v) is 9.08. The number of carbonyl (C=O) groups is 1. The van der Waals surface area contributed by atoms with Gasteiger partial charge in [-0.2, -0.15) is 5.10 Å². The molecule has 0 saturated heterocycles. The Kier molecular flexibility index (Phi) is 2.20. The van der Waals surface area contributed by atoms with Crippen LogP contribution in [0.4, 0.5) is 0 Å². The van der Waals surface area contributed by atoms with Crippen molar-refractivity contribution in [2.24, 2.45) is 0 Å². The van der Waals surface area contributed by atoms with Gasteiger partial charge in [-0.05, 0) is 22.0 Å². The van der Waals surface area contributed by atoms with E-state index in [9.17, 15) is 4.79 Å². The molecule has 0 aliphatic rings. The Morgan fingerprint density at radius 3 is 3.00 bits per heavy atom. The summed E-state index contributed by atoms with van der Waals surface area (Å²) < 4.78 is 2.07. The van der Waals surface area contributed by atoms with Gasteiger partial charge in [-0.15, -0.1) is 0 Å². The third-order valence-electron chi connectivity index (χ3n) is 1.81. The van der Waals surface area contributed by atoms with Crippen molar-refractivity contribution < 1.29 is 9.90 Å². The second-order valence-electron chi connectivity index (χ2n) is 2.63. The summed E-state index contributed by atoms with van der Waals surface area (Å²) in [5, 5.41) is 13.1. The van der Waals surface area contributed by atoms with Crippen molar-refractivity contribution in [1.29, 1.82) is 0 Å². The summed E-state index contributed by atoms with van der Waals surface area (Å²) in [6.45, 7) is 0. The molecule has 0 fully saturated rings. The second kappa shape index (κ2) is 3.25. The van der Waals surface area contributed by atoms with E-state index in [1.807, 2.05) is 0 Å². The smallest absolute Gasteiger partial charge is 0.339 e. The van der Waals surface area contributed by atoms with Crippen molar-refractivity contribution in [1.82, 2.24) is 9.61 Å². The Bertz CT molecular complexity index is 523. The number of aromatic nitrogens is 2. The van der Waals surface area contributed by atoms with E-state index in [-0.39, 0.29) is 5.56 Å². The molecule has 2 rings (SSSR count). The lowest BCUT2D eigenvalue weighted by Gasteiger charge is -1.99. The fourth-order valence-corrected chi connectivity index (χ4v) is 1.73. The molecular weight excluding hydrogens is 271 g/mol. The highest BCUT2D eigenvalue weighted by molar-refractivity contribution is 9.10. The van der Waals surface area contributed by atoms with Crippen LogP contribution in [0.2, 0.25) is 5.02 Å². The number of fused-ring (bicyclic) bond motifs is 1. The van der Waals surface area contributed by atoms with Crippen LogP contribution >= 0.6 is 27.5 Å². The Hall–Kier alpha value is -1.07. The lowest BCUT2D eigenvalue weighted by atomic mass is 10.3. The Morgan fingerprint density at radius 1 is 1.64 bits per heavy atom. The van der Waals surface area contributed by atoms with Crippen molar-refractivity contribution in [3.8, 4) is 0 Å². The predicted octanol–water partition coefficient (Wildman–Crippen LogP) is 2.45. The maximum atomic E-state index is 10.8. The Balaban J connectivity index is 2.89. The van der Waals surface area contributed by atoms with Crippen molar-refractivity contribution in [2.75, 3.05) is 0 Å². The normalized spacial score (nSPS) is 10.7. The van der Waals surface area contributed by atoms with Gasteiger partial charge in [0.15, 0.2) is 0 Å². The quantitative estimate of drug-likeness (QED) is 0.870. The molecule has 14 heavy (non-hydrogen) atoms. The van der Waals surface area contributed by atoms with Gasteiger partial charge < -0.3 is 5.11 Å². The van der Waals surface area contributed by atoms with Gasteiger partial charge >= 0.3 is 5.97 Å². The second-order valence-corrected chi connectivity index (χ2v) is 3.87. The van der Waals surface area contributed by atoms with Crippen molar-refractivity contribution in [3.63, 3.8) is 0 Å². The zero-order valence-electron chi connectivity index (χ0n) is 6.74. The van der Waals surface area contributed by atoms with Crippen LogP contribution in [0.3, 0.4) is 0 Å². The molecule has 0 unspecified atom stereocenters. The summed E-state index contributed by atoms with van der Waals surface area (Å²) >= 11 is 9.16. The van der Waals surface area contributed by atoms with E-state index in [0.29, 0.717) is 15.0 Å². The number of rotatable bonds is 1. The number of aromatic carboxylic acids is 1. The van der Waals surface area contributed by atoms with Crippen molar-refractivity contribution >= 4 is 39.0 Å². The standard InChI is InChI=1S/C8H4BrClN2O2/c9-5-1-2-12-7(6(5)10)4(3-11-12)8(13)14/h1-3H,(H,13,14). The fourth-order valence-electron chi connectivity index (χ4n) is 1.17. The maximum Gasteiger partial charge on any atom is 0.339 e. The zero-order chi connectivity index (χ0) is 10.3. The van der Waals surface area contributed by atoms with Crippen LogP contribution < -0.4 is 0 Å². The molecule has 0 saturated carbocycles. The number of halogens is 2. The molecule has 0 aliphatic heterocycles. The summed E-state index contributed by atoms with van der Waals surface area (Å²) in [7, 11) is 0. The molecule has 2 aromatic rings. The highest BCUT2D eigenvalue weighted by Crippen LogP contribution is 2.28. The average Bonchev–Trinajstić information content (AvgIpc) is 2.55. The summed E-state index contributed by atoms with van der Waals surface area (Å²) in [4.78, 5) is 10.8. The van der Waals surface area contributed by atoms with Crippen LogP contribution in [-0.4, -0.2) is 20.7 Å². The van der Waals surface area contributed by atoms with Crippen LogP contribution in [0.1, 0.15) is 10.4 Å². The van der Waals surface area contributed by atoms with Crippen LogP contribution in [0.5, 0.6) is 0 Å². The van der Waals surface area contributed by atoms with E-state index in [1.54, 1.807) is 12.3 Å². The van der Waals surface area contributed by atoms with Gasteiger partial charge in [-0.25, -0.2) is 9.31 Å².